The molecule has 3 aromatic rings. The van der Waals surface area contributed by atoms with E-state index in [2.05, 4.69) is 9.97 Å². The Morgan fingerprint density at radius 3 is 2.77 bits per heavy atom. The molecule has 22 heavy (non-hydrogen) atoms. The standard InChI is InChI=1S/C16H19N3O2.ClH/c1-20-15-8-11-12-10-18-6-4-13(12)19-14(11)9-16(15)21-7-3-2-5-17;/h4,6,8-10,19H,2-3,5,7,17H2,1H3;1H. The molecule has 0 aliphatic carbocycles. The molecule has 5 nitrogen and oxygen atoms in total. The van der Waals surface area contributed by atoms with Crippen LogP contribution in [0.25, 0.3) is 21.8 Å². The van der Waals surface area contributed by atoms with Gasteiger partial charge in [-0.05, 0) is 31.5 Å². The van der Waals surface area contributed by atoms with Crippen molar-refractivity contribution in [2.75, 3.05) is 20.3 Å². The molecule has 1 aromatic carbocycles. The topological polar surface area (TPSA) is 73.2 Å². The minimum Gasteiger partial charge on any atom is -0.493 e. The molecule has 2 aromatic heterocycles. The van der Waals surface area contributed by atoms with E-state index in [0.29, 0.717) is 13.2 Å². The molecular weight excluding hydrogens is 302 g/mol. The van der Waals surface area contributed by atoms with Crippen molar-refractivity contribution in [3.05, 3.63) is 30.6 Å². The first kappa shape index (κ1) is 16.4. The highest BCUT2D eigenvalue weighted by Gasteiger charge is 2.11. The fourth-order valence-electron chi connectivity index (χ4n) is 2.45. The second-order valence-corrected chi connectivity index (χ2v) is 4.94. The van der Waals surface area contributed by atoms with Crippen LogP contribution in [0.2, 0.25) is 0 Å². The Labute approximate surface area is 135 Å². The van der Waals surface area contributed by atoms with Gasteiger partial charge in [-0.1, -0.05) is 0 Å². The van der Waals surface area contributed by atoms with E-state index in [1.165, 1.54) is 0 Å². The SMILES string of the molecule is COc1cc2c(cc1OCCCCN)[nH]c1ccncc12.Cl. The van der Waals surface area contributed by atoms with Crippen LogP contribution in [-0.2, 0) is 0 Å². The first-order valence-corrected chi connectivity index (χ1v) is 7.10. The van der Waals surface area contributed by atoms with E-state index in [0.717, 1.165) is 46.1 Å². The van der Waals surface area contributed by atoms with E-state index in [1.807, 2.05) is 24.4 Å². The van der Waals surface area contributed by atoms with Crippen molar-refractivity contribution in [2.24, 2.45) is 5.73 Å². The van der Waals surface area contributed by atoms with Crippen molar-refractivity contribution >= 4 is 34.2 Å². The number of pyridine rings is 1. The van der Waals surface area contributed by atoms with Crippen LogP contribution in [0.5, 0.6) is 11.5 Å². The van der Waals surface area contributed by atoms with Crippen molar-refractivity contribution < 1.29 is 9.47 Å². The number of methoxy groups -OCH3 is 1. The zero-order chi connectivity index (χ0) is 14.7. The highest BCUT2D eigenvalue weighted by molar-refractivity contribution is 6.07. The van der Waals surface area contributed by atoms with E-state index in [9.17, 15) is 0 Å². The van der Waals surface area contributed by atoms with Crippen LogP contribution in [-0.4, -0.2) is 30.2 Å². The Morgan fingerprint density at radius 1 is 1.14 bits per heavy atom. The molecule has 6 heteroatoms. The predicted molar refractivity (Wildman–Crippen MR) is 91.2 cm³/mol. The predicted octanol–water partition coefficient (Wildman–Crippen LogP) is 3.26. The number of hydrogen-bond acceptors (Lipinski definition) is 4. The van der Waals surface area contributed by atoms with Crippen LogP contribution in [0.15, 0.2) is 30.6 Å². The van der Waals surface area contributed by atoms with Gasteiger partial charge >= 0.3 is 0 Å². The summed E-state index contributed by atoms with van der Waals surface area (Å²) in [7, 11) is 1.65. The fourth-order valence-corrected chi connectivity index (χ4v) is 2.45. The molecule has 3 rings (SSSR count). The lowest BCUT2D eigenvalue weighted by atomic mass is 10.2. The summed E-state index contributed by atoms with van der Waals surface area (Å²) in [6, 6.07) is 5.94. The molecular formula is C16H20ClN3O2. The number of hydrogen-bond donors (Lipinski definition) is 2. The van der Waals surface area contributed by atoms with Crippen LogP contribution >= 0.6 is 12.4 Å². The molecule has 0 aliphatic rings. The van der Waals surface area contributed by atoms with Gasteiger partial charge in [-0.25, -0.2) is 0 Å². The second-order valence-electron chi connectivity index (χ2n) is 4.94. The summed E-state index contributed by atoms with van der Waals surface area (Å²) < 4.78 is 11.3. The molecule has 0 saturated carbocycles. The van der Waals surface area contributed by atoms with Gasteiger partial charge in [0, 0.05) is 34.7 Å². The largest absolute Gasteiger partial charge is 0.493 e. The molecule has 0 amide bonds. The monoisotopic (exact) mass is 321 g/mol. The molecule has 3 N–H and O–H groups in total. The van der Waals surface area contributed by atoms with Gasteiger partial charge < -0.3 is 20.2 Å². The maximum absolute atomic E-state index is 5.82. The summed E-state index contributed by atoms with van der Waals surface area (Å²) in [6.45, 7) is 1.33. The Bertz CT molecular complexity index is 758. The molecule has 0 fully saturated rings. The highest BCUT2D eigenvalue weighted by atomic mass is 35.5. The Morgan fingerprint density at radius 2 is 2.00 bits per heavy atom. The van der Waals surface area contributed by atoms with Gasteiger partial charge in [-0.15, -0.1) is 12.4 Å². The minimum absolute atomic E-state index is 0. The minimum atomic E-state index is 0. The van der Waals surface area contributed by atoms with Gasteiger partial charge in [0.15, 0.2) is 11.5 Å². The zero-order valence-corrected chi connectivity index (χ0v) is 13.3. The molecule has 0 saturated heterocycles. The van der Waals surface area contributed by atoms with Crippen molar-refractivity contribution in [1.82, 2.24) is 9.97 Å². The summed E-state index contributed by atoms with van der Waals surface area (Å²) in [5, 5.41) is 2.17. The molecule has 0 spiro atoms. The Balaban J connectivity index is 0.00000176. The lowest BCUT2D eigenvalue weighted by Gasteiger charge is -2.10. The number of H-pyrrole nitrogens is 1. The first-order valence-electron chi connectivity index (χ1n) is 7.10. The molecule has 0 aliphatic heterocycles. The highest BCUT2D eigenvalue weighted by Crippen LogP contribution is 2.35. The van der Waals surface area contributed by atoms with Gasteiger partial charge in [0.1, 0.15) is 0 Å². The van der Waals surface area contributed by atoms with Crippen molar-refractivity contribution in [1.29, 1.82) is 0 Å². The summed E-state index contributed by atoms with van der Waals surface area (Å²) in [4.78, 5) is 7.56. The third-order valence-corrected chi connectivity index (χ3v) is 3.54. The van der Waals surface area contributed by atoms with E-state index in [4.69, 9.17) is 15.2 Å². The number of nitrogens with two attached hydrogens (primary N) is 1. The molecule has 0 unspecified atom stereocenters. The van der Waals surface area contributed by atoms with Crippen LogP contribution in [0.3, 0.4) is 0 Å². The summed E-state index contributed by atoms with van der Waals surface area (Å²) >= 11 is 0. The van der Waals surface area contributed by atoms with E-state index < -0.39 is 0 Å². The molecule has 0 radical (unpaired) electrons. The van der Waals surface area contributed by atoms with Gasteiger partial charge in [0.2, 0.25) is 0 Å². The zero-order valence-electron chi connectivity index (χ0n) is 12.5. The summed E-state index contributed by atoms with van der Waals surface area (Å²) in [5.74, 6) is 1.49. The summed E-state index contributed by atoms with van der Waals surface area (Å²) in [6.07, 6.45) is 5.53. The average molecular weight is 322 g/mol. The Kier molecular flexibility index (Phi) is 5.46. The van der Waals surface area contributed by atoms with E-state index >= 15 is 0 Å². The van der Waals surface area contributed by atoms with Gasteiger partial charge in [0.05, 0.1) is 19.2 Å². The maximum Gasteiger partial charge on any atom is 0.163 e. The van der Waals surface area contributed by atoms with Gasteiger partial charge in [-0.3, -0.25) is 4.98 Å². The number of benzene rings is 1. The third-order valence-electron chi connectivity index (χ3n) is 3.54. The number of unbranched alkanes of at least 4 members (excludes halogenated alkanes) is 1. The maximum atomic E-state index is 5.82. The molecule has 0 bridgehead atoms. The number of aromatic amines is 1. The normalized spacial score (nSPS) is 10.6. The summed E-state index contributed by atoms with van der Waals surface area (Å²) in [5.41, 5.74) is 7.57. The lowest BCUT2D eigenvalue weighted by Crippen LogP contribution is -2.04. The first-order chi connectivity index (χ1) is 10.3. The number of ether oxygens (including phenoxy) is 2. The van der Waals surface area contributed by atoms with Gasteiger partial charge in [0.25, 0.3) is 0 Å². The van der Waals surface area contributed by atoms with Gasteiger partial charge in [-0.2, -0.15) is 0 Å². The van der Waals surface area contributed by atoms with E-state index in [1.54, 1.807) is 13.3 Å². The molecule has 118 valence electrons. The van der Waals surface area contributed by atoms with E-state index in [-0.39, 0.29) is 12.4 Å². The third kappa shape index (κ3) is 3.10. The number of nitrogens with one attached hydrogen (secondary N) is 1. The smallest absolute Gasteiger partial charge is 0.163 e. The van der Waals surface area contributed by atoms with Crippen molar-refractivity contribution in [3.8, 4) is 11.5 Å². The number of fused-ring (bicyclic) bond motifs is 3. The average Bonchev–Trinajstić information content (AvgIpc) is 2.88. The lowest BCUT2D eigenvalue weighted by molar-refractivity contribution is 0.287. The fraction of sp³-hybridized carbons (Fsp3) is 0.312. The van der Waals surface area contributed by atoms with Crippen molar-refractivity contribution in [3.63, 3.8) is 0 Å². The van der Waals surface area contributed by atoms with Crippen LogP contribution in [0.1, 0.15) is 12.8 Å². The number of halogens is 1. The quantitative estimate of drug-likeness (QED) is 0.683. The van der Waals surface area contributed by atoms with Crippen LogP contribution in [0.4, 0.5) is 0 Å². The number of aromatic nitrogens is 2. The second kappa shape index (κ2) is 7.33. The van der Waals surface area contributed by atoms with Crippen LogP contribution < -0.4 is 15.2 Å². The van der Waals surface area contributed by atoms with Crippen LogP contribution in [0, 0.1) is 0 Å². The Hall–Kier alpha value is -1.98. The molecule has 0 atom stereocenters. The molecule has 2 heterocycles. The van der Waals surface area contributed by atoms with Crippen molar-refractivity contribution in [2.45, 2.75) is 12.8 Å². The number of nitrogens with zero attached hydrogens (tertiary/aromatic N) is 1. The number of rotatable bonds is 6.